The van der Waals surface area contributed by atoms with Crippen LogP contribution in [0.1, 0.15) is 93.7 Å². The molecule has 18 N–H and O–H groups in total. The number of Topliss-reactive ketones (excluding diaryl/α,β-unsaturated/α-hetero) is 2. The summed E-state index contributed by atoms with van der Waals surface area (Å²) >= 11 is 4.14. The first-order valence-corrected chi connectivity index (χ1v) is 34.7. The van der Waals surface area contributed by atoms with Gasteiger partial charge in [-0.2, -0.15) is 18.7 Å². The van der Waals surface area contributed by atoms with Gasteiger partial charge in [-0.1, -0.05) is 10.3 Å². The van der Waals surface area contributed by atoms with Crippen molar-refractivity contribution in [2.24, 2.45) is 42.0 Å². The van der Waals surface area contributed by atoms with E-state index in [9.17, 15) is 68.1 Å². The molecular formula is C59H84N22O20S4. The number of fused-ring (bicyclic) bond motifs is 2. The summed E-state index contributed by atoms with van der Waals surface area (Å²) in [7, 11) is 3.24. The first-order chi connectivity index (χ1) is 48.4. The van der Waals surface area contributed by atoms with E-state index < -0.39 is 129 Å². The molecule has 8 heterocycles. The van der Waals surface area contributed by atoms with Crippen LogP contribution in [0.15, 0.2) is 45.2 Å². The van der Waals surface area contributed by atoms with Crippen LogP contribution in [0, 0.1) is 19.3 Å². The summed E-state index contributed by atoms with van der Waals surface area (Å²) in [4.78, 5) is 169. The molecule has 4 aromatic heterocycles. The van der Waals surface area contributed by atoms with Crippen molar-refractivity contribution in [3.05, 3.63) is 54.0 Å². The molecule has 7 amide bonds. The summed E-state index contributed by atoms with van der Waals surface area (Å²) in [6.45, 7) is 15.7. The van der Waals surface area contributed by atoms with Crippen LogP contribution in [0.5, 0.6) is 0 Å². The zero-order valence-corrected chi connectivity index (χ0v) is 62.5. The number of hydrogen-bond donors (Lipinski definition) is 13. The van der Waals surface area contributed by atoms with Gasteiger partial charge in [-0.3, -0.25) is 39.6 Å². The number of thioether (sulfide) groups is 2. The lowest BCUT2D eigenvalue weighted by Gasteiger charge is -2.49. The molecule has 105 heavy (non-hydrogen) atoms. The molecule has 0 unspecified atom stereocenters. The molecule has 2 saturated heterocycles. The second-order valence-corrected chi connectivity index (χ2v) is 29.6. The van der Waals surface area contributed by atoms with Crippen molar-refractivity contribution in [1.82, 2.24) is 53.8 Å². The van der Waals surface area contributed by atoms with Crippen LogP contribution in [0.25, 0.3) is 0 Å². The van der Waals surface area contributed by atoms with Gasteiger partial charge in [0.25, 0.3) is 0 Å². The highest BCUT2D eigenvalue weighted by molar-refractivity contribution is 8.00. The van der Waals surface area contributed by atoms with Gasteiger partial charge >= 0.3 is 42.0 Å². The van der Waals surface area contributed by atoms with E-state index in [-0.39, 0.29) is 127 Å². The van der Waals surface area contributed by atoms with E-state index in [1.807, 2.05) is 0 Å². The average Bonchev–Trinajstić information content (AvgIpc) is 1.68. The molecule has 0 aliphatic carbocycles. The van der Waals surface area contributed by atoms with Crippen molar-refractivity contribution in [2.45, 2.75) is 128 Å². The molecule has 0 saturated carbocycles. The van der Waals surface area contributed by atoms with E-state index in [4.69, 9.17) is 57.7 Å². The molecule has 4 aliphatic heterocycles. The van der Waals surface area contributed by atoms with Gasteiger partial charge in [-0.15, -0.1) is 42.3 Å². The van der Waals surface area contributed by atoms with E-state index >= 15 is 0 Å². The number of nitrogens with one attached hydrogen (secondary N) is 5. The quantitative estimate of drug-likeness (QED) is 0.00481. The number of nitrogen functional groups attached to an aromatic ring is 4. The molecule has 2 fully saturated rings. The first-order valence-electron chi connectivity index (χ1n) is 31.0. The maximum Gasteiger partial charge on any atom is 0.407 e. The van der Waals surface area contributed by atoms with Crippen LogP contribution in [-0.2, 0) is 89.5 Å². The zero-order chi connectivity index (χ0) is 77.8. The SMILES string of the molecule is Cn1c(N)c(NC(=O)NCCN)c[n+]1CC1=C(C(=O)O)N2C(=O)[C@@H](CC(=O)/C(=N\OC(C)(C)C(=O)O)c3nsc(N)n3)[C@H]2SC1.Cn1c(N)c(NC(=O)NCCNC(=O)OC(C)(C)C)c[n+]1CC1=C(C(=O)O)N2C(=O)[C@@H](CC(=O)/C(=N\OC(C)(C)C(=O)OC(C)(C)C)c3nsc(N)n3)[C@H]2SC1.O=C[O-].[CH3-]. The Hall–Kier alpha value is -10.7. The summed E-state index contributed by atoms with van der Waals surface area (Å²) in [5, 5.41) is 57.2. The van der Waals surface area contributed by atoms with Crippen molar-refractivity contribution < 1.29 is 106 Å². The number of aliphatic carboxylic acids is 3. The Labute approximate surface area is 616 Å². The minimum Gasteiger partial charge on any atom is -0.554 e. The van der Waals surface area contributed by atoms with Crippen LogP contribution in [0.3, 0.4) is 0 Å². The van der Waals surface area contributed by atoms with E-state index in [0.717, 1.165) is 32.9 Å². The Balaban J connectivity index is 0.000000368. The molecule has 0 radical (unpaired) electrons. The number of rotatable bonds is 27. The van der Waals surface area contributed by atoms with Gasteiger partial charge in [0.2, 0.25) is 47.1 Å². The highest BCUT2D eigenvalue weighted by atomic mass is 32.2. The van der Waals surface area contributed by atoms with Gasteiger partial charge in [0.15, 0.2) is 69.4 Å². The number of ketones is 2. The van der Waals surface area contributed by atoms with Crippen molar-refractivity contribution in [3.8, 4) is 0 Å². The number of hydrogen-bond acceptors (Lipinski definition) is 32. The van der Waals surface area contributed by atoms with Gasteiger partial charge in [0.1, 0.15) is 22.6 Å². The number of carbonyl (C=O) groups excluding carboxylic acids is 9. The predicted octanol–water partition coefficient (Wildman–Crippen LogP) is -1.32. The molecule has 4 aliphatic rings. The molecule has 0 aromatic carbocycles. The summed E-state index contributed by atoms with van der Waals surface area (Å²) in [6, 6.07) is -1.12. The third kappa shape index (κ3) is 21.5. The fraction of sp³-hybridized carbons (Fsp3) is 0.508. The van der Waals surface area contributed by atoms with E-state index in [1.54, 1.807) is 65.0 Å². The topological polar surface area (TPSA) is 616 Å². The lowest BCUT2D eigenvalue weighted by Crippen LogP contribution is -2.62. The number of β-lactam (4-membered cyclic amide) rings is 2. The van der Waals surface area contributed by atoms with E-state index in [0.29, 0.717) is 11.1 Å². The Kier molecular flexibility index (Phi) is 28.4. The van der Waals surface area contributed by atoms with Crippen LogP contribution in [-0.4, -0.2) is 207 Å². The first kappa shape index (κ1) is 84.9. The number of esters is 1. The molecule has 574 valence electrons. The minimum atomic E-state index is -1.79. The number of urea groups is 2. The maximum atomic E-state index is 13.7. The summed E-state index contributed by atoms with van der Waals surface area (Å²) < 4.78 is 24.8. The minimum absolute atomic E-state index is 0. The number of anilines is 6. The number of carboxylic acids is 3. The van der Waals surface area contributed by atoms with Gasteiger partial charge in [-0.05, 0) is 69.2 Å². The van der Waals surface area contributed by atoms with Crippen molar-refractivity contribution >= 4 is 163 Å². The van der Waals surface area contributed by atoms with E-state index in [1.165, 1.54) is 73.0 Å². The predicted molar refractivity (Wildman–Crippen MR) is 377 cm³/mol. The molecule has 0 bridgehead atoms. The summed E-state index contributed by atoms with van der Waals surface area (Å²) in [5.74, 6) is -8.77. The normalized spacial score (nSPS) is 17.2. The number of nitrogens with zero attached hydrogens (tertiary/aromatic N) is 12. The number of ether oxygens (including phenoxy) is 2. The molecular weight excluding hydrogens is 1470 g/mol. The third-order valence-electron chi connectivity index (χ3n) is 14.8. The number of carbonyl (C=O) groups is 12. The number of amides is 7. The molecule has 4 aromatic rings. The highest BCUT2D eigenvalue weighted by Gasteiger charge is 2.56. The zero-order valence-electron chi connectivity index (χ0n) is 59.3. The third-order valence-corrected chi connectivity index (χ3v) is 18.7. The van der Waals surface area contributed by atoms with Gasteiger partial charge in [0, 0.05) is 91.2 Å². The molecule has 42 nitrogen and oxygen atoms in total. The summed E-state index contributed by atoms with van der Waals surface area (Å²) in [6.07, 6.45) is 1.65. The van der Waals surface area contributed by atoms with Gasteiger partial charge in [-0.25, -0.2) is 33.6 Å². The lowest BCUT2D eigenvalue weighted by atomic mass is 9.89. The Morgan fingerprint density at radius 2 is 1.02 bits per heavy atom. The fourth-order valence-electron chi connectivity index (χ4n) is 9.65. The van der Waals surface area contributed by atoms with Crippen LogP contribution in [0.4, 0.5) is 47.7 Å². The number of carboxylic acid groups (broad SMARTS) is 4. The summed E-state index contributed by atoms with van der Waals surface area (Å²) in [5.41, 5.74) is 24.3. The Bertz CT molecular complexity index is 4140. The smallest absolute Gasteiger partial charge is 0.407 e. The average molecular weight is 1550 g/mol. The lowest BCUT2D eigenvalue weighted by molar-refractivity contribution is -0.765. The van der Waals surface area contributed by atoms with Crippen LogP contribution in [0.2, 0.25) is 0 Å². The second-order valence-electron chi connectivity index (χ2n) is 25.8. The Morgan fingerprint density at radius 3 is 1.37 bits per heavy atom. The van der Waals surface area contributed by atoms with Crippen LogP contribution >= 0.6 is 46.6 Å². The monoisotopic (exact) mass is 1550 g/mol. The maximum absolute atomic E-state index is 13.7. The number of nitrogens with two attached hydrogens (primary N) is 5. The molecule has 46 heteroatoms. The van der Waals surface area contributed by atoms with Crippen molar-refractivity contribution in [2.75, 3.05) is 71.3 Å². The number of oxime groups is 2. The van der Waals surface area contributed by atoms with Crippen molar-refractivity contribution in [1.29, 1.82) is 0 Å². The second kappa shape index (κ2) is 35.2. The number of aromatic nitrogens is 8. The van der Waals surface area contributed by atoms with Crippen molar-refractivity contribution in [3.63, 3.8) is 0 Å². The largest absolute Gasteiger partial charge is 0.554 e. The standard InChI is InChI=1S/C33H47N11O10S2.C24H31N11O8S2.CH2O2.CH3/c1-31(2,3)52-27(49)33(7,8)54-40-20(23-39-28(35)56-41-23)19(45)12-17-24(46)44-21(26(47)48)16(15-55-25(17)44)13-43-14-18(22(34)42(43)9)38-29(50)36-10-11-37-30(51)53-32(4,5)6;1-24(2,21(40)41)43-31-14(17-30-22(27)45-32-17)13(36)6-11-18(37)35-15(20(38)39)10(9-44-19(11)35)7-34-8-12(16(26)33(34)3)29-23(42)28-5-4-25;2-1-3;/h14,17,25,34H,10-13,15H2,1-9H3,(H6,35,36,37,38,39,41,47,48,50,51);8,11,19,26H,4-7,9,25H2,1-3H3,(H6,27,28,29,30,32,38,39,40,41,42);1H,(H,2,3);1H3/q;;;-1/p+1/b40-20+;31-14+;;/t17-,25-;11-,19-;;/m11../s1. The Morgan fingerprint density at radius 1 is 0.638 bits per heavy atom. The van der Waals surface area contributed by atoms with Crippen LogP contribution < -0.4 is 69.7 Å². The molecule has 4 atom stereocenters. The molecule has 0 spiro atoms. The van der Waals surface area contributed by atoms with E-state index in [2.05, 4.69) is 55.6 Å². The molecule has 8 rings (SSSR count). The fourth-order valence-corrected chi connectivity index (χ4v) is 13.3. The number of alkyl carbamates (subject to hydrolysis) is 1. The van der Waals surface area contributed by atoms with Gasteiger partial charge < -0.3 is 96.4 Å². The highest BCUT2D eigenvalue weighted by Crippen LogP contribution is 2.47. The van der Waals surface area contributed by atoms with Gasteiger partial charge in [0.05, 0.1) is 36.7 Å².